The van der Waals surface area contributed by atoms with Gasteiger partial charge in [-0.15, -0.1) is 10.2 Å². The summed E-state index contributed by atoms with van der Waals surface area (Å²) in [6.45, 7) is 0. The maximum Gasteiger partial charge on any atom is 0.247 e. The minimum atomic E-state index is -0.332. The van der Waals surface area contributed by atoms with Gasteiger partial charge in [0.05, 0.1) is 34.0 Å². The zero-order valence-corrected chi connectivity index (χ0v) is 14.2. The SMILES string of the molecule is COc1ccc(/C=N/NC(=O)Cc2nnc(N)s2)c(OC)c1OC. The van der Waals surface area contributed by atoms with E-state index in [0.717, 1.165) is 11.3 Å². The van der Waals surface area contributed by atoms with Gasteiger partial charge in [-0.2, -0.15) is 5.10 Å². The van der Waals surface area contributed by atoms with Crippen LogP contribution in [0.5, 0.6) is 17.2 Å². The number of hydrazone groups is 1. The molecule has 3 N–H and O–H groups in total. The van der Waals surface area contributed by atoms with Crippen molar-refractivity contribution in [2.24, 2.45) is 5.10 Å². The molecule has 0 aliphatic rings. The van der Waals surface area contributed by atoms with Gasteiger partial charge in [-0.1, -0.05) is 11.3 Å². The maximum absolute atomic E-state index is 11.8. The molecule has 1 aromatic heterocycles. The summed E-state index contributed by atoms with van der Waals surface area (Å²) in [5, 5.41) is 12.2. The van der Waals surface area contributed by atoms with E-state index >= 15 is 0 Å². The third kappa shape index (κ3) is 4.10. The van der Waals surface area contributed by atoms with E-state index in [1.165, 1.54) is 27.5 Å². The number of rotatable bonds is 7. The van der Waals surface area contributed by atoms with E-state index in [9.17, 15) is 4.79 Å². The molecular weight excluding hydrogens is 334 g/mol. The molecular formula is C14H17N5O4S. The van der Waals surface area contributed by atoms with E-state index in [1.807, 2.05) is 0 Å². The molecule has 0 unspecified atom stereocenters. The Bertz CT molecular complexity index is 747. The molecule has 0 radical (unpaired) electrons. The minimum Gasteiger partial charge on any atom is -0.493 e. The van der Waals surface area contributed by atoms with Crippen LogP contribution in [-0.4, -0.2) is 43.6 Å². The number of carbonyl (C=O) groups excluding carboxylic acids is 1. The van der Waals surface area contributed by atoms with Crippen molar-refractivity contribution in [2.75, 3.05) is 27.1 Å². The number of nitrogen functional groups attached to an aromatic ring is 1. The number of methoxy groups -OCH3 is 3. The predicted molar refractivity (Wildman–Crippen MR) is 89.9 cm³/mol. The molecule has 0 aliphatic carbocycles. The number of hydrogen-bond donors (Lipinski definition) is 2. The number of carbonyl (C=O) groups is 1. The number of hydrogen-bond acceptors (Lipinski definition) is 9. The van der Waals surface area contributed by atoms with Crippen molar-refractivity contribution >= 4 is 28.6 Å². The van der Waals surface area contributed by atoms with Crippen LogP contribution >= 0.6 is 11.3 Å². The largest absolute Gasteiger partial charge is 0.493 e. The summed E-state index contributed by atoms with van der Waals surface area (Å²) in [7, 11) is 4.55. The molecule has 0 fully saturated rings. The smallest absolute Gasteiger partial charge is 0.247 e. The third-order valence-corrected chi connectivity index (χ3v) is 3.67. The standard InChI is InChI=1S/C14H17N5O4S/c1-21-9-5-4-8(12(22-2)13(9)23-3)7-16-17-10(20)6-11-18-19-14(15)24-11/h4-5,7H,6H2,1-3H3,(H2,15,19)(H,17,20)/b16-7+. The maximum atomic E-state index is 11.8. The van der Waals surface area contributed by atoms with Gasteiger partial charge >= 0.3 is 0 Å². The molecule has 2 rings (SSSR count). The van der Waals surface area contributed by atoms with Gasteiger partial charge < -0.3 is 19.9 Å². The van der Waals surface area contributed by atoms with E-state index in [1.54, 1.807) is 12.1 Å². The van der Waals surface area contributed by atoms with Gasteiger partial charge in [-0.05, 0) is 12.1 Å². The van der Waals surface area contributed by atoms with Crippen molar-refractivity contribution in [3.63, 3.8) is 0 Å². The van der Waals surface area contributed by atoms with Gasteiger partial charge in [-0.25, -0.2) is 5.43 Å². The van der Waals surface area contributed by atoms with Crippen LogP contribution in [-0.2, 0) is 11.2 Å². The normalized spacial score (nSPS) is 10.6. The van der Waals surface area contributed by atoms with Crippen molar-refractivity contribution in [1.29, 1.82) is 0 Å². The fourth-order valence-electron chi connectivity index (χ4n) is 1.91. The van der Waals surface area contributed by atoms with Crippen LogP contribution in [0, 0.1) is 0 Å². The summed E-state index contributed by atoms with van der Waals surface area (Å²) < 4.78 is 15.8. The molecule has 0 atom stereocenters. The second-order valence-corrected chi connectivity index (χ2v) is 5.52. The lowest BCUT2D eigenvalue weighted by atomic mass is 10.2. The van der Waals surface area contributed by atoms with Crippen LogP contribution < -0.4 is 25.4 Å². The molecule has 1 heterocycles. The highest BCUT2D eigenvalue weighted by Gasteiger charge is 2.14. The van der Waals surface area contributed by atoms with Gasteiger partial charge in [-0.3, -0.25) is 4.79 Å². The van der Waals surface area contributed by atoms with Crippen LogP contribution in [0.2, 0.25) is 0 Å². The molecule has 128 valence electrons. The zero-order valence-electron chi connectivity index (χ0n) is 13.4. The lowest BCUT2D eigenvalue weighted by Gasteiger charge is -2.13. The summed E-state index contributed by atoms with van der Waals surface area (Å²) in [6.07, 6.45) is 1.50. The number of nitrogens with two attached hydrogens (primary N) is 1. The first kappa shape index (κ1) is 17.5. The summed E-state index contributed by atoms with van der Waals surface area (Å²) >= 11 is 1.15. The van der Waals surface area contributed by atoms with E-state index in [4.69, 9.17) is 19.9 Å². The number of nitrogens with one attached hydrogen (secondary N) is 1. The van der Waals surface area contributed by atoms with Crippen LogP contribution in [0.3, 0.4) is 0 Å². The molecule has 2 aromatic rings. The Hall–Kier alpha value is -2.88. The Morgan fingerprint density at radius 2 is 2.00 bits per heavy atom. The Labute approximate surface area is 142 Å². The Balaban J connectivity index is 2.07. The molecule has 0 spiro atoms. The average Bonchev–Trinajstić information content (AvgIpc) is 2.98. The zero-order chi connectivity index (χ0) is 17.5. The topological polar surface area (TPSA) is 121 Å². The fraction of sp³-hybridized carbons (Fsp3) is 0.286. The Morgan fingerprint density at radius 3 is 2.58 bits per heavy atom. The number of ether oxygens (including phenoxy) is 3. The fourth-order valence-corrected chi connectivity index (χ4v) is 2.52. The first-order chi connectivity index (χ1) is 11.6. The number of benzene rings is 1. The van der Waals surface area contributed by atoms with Gasteiger partial charge in [0.15, 0.2) is 11.5 Å². The van der Waals surface area contributed by atoms with E-state index in [0.29, 0.717) is 33.0 Å². The van der Waals surface area contributed by atoms with E-state index < -0.39 is 0 Å². The third-order valence-electron chi connectivity index (χ3n) is 2.92. The monoisotopic (exact) mass is 351 g/mol. The first-order valence-corrected chi connectivity index (χ1v) is 7.59. The number of nitrogens with zero attached hydrogens (tertiary/aromatic N) is 3. The highest BCUT2D eigenvalue weighted by atomic mass is 32.1. The van der Waals surface area contributed by atoms with Crippen molar-refractivity contribution in [1.82, 2.24) is 15.6 Å². The summed E-state index contributed by atoms with van der Waals surface area (Å²) in [6, 6.07) is 3.45. The van der Waals surface area contributed by atoms with Crippen LogP contribution in [0.1, 0.15) is 10.6 Å². The molecule has 0 bridgehead atoms. The predicted octanol–water partition coefficient (Wildman–Crippen LogP) is 0.839. The molecule has 9 nitrogen and oxygen atoms in total. The first-order valence-electron chi connectivity index (χ1n) is 6.77. The lowest BCUT2D eigenvalue weighted by Crippen LogP contribution is -2.19. The molecule has 1 aromatic carbocycles. The second kappa shape index (κ2) is 8.11. The molecule has 0 saturated heterocycles. The Morgan fingerprint density at radius 1 is 1.25 bits per heavy atom. The highest BCUT2D eigenvalue weighted by Crippen LogP contribution is 2.38. The summed E-state index contributed by atoms with van der Waals surface area (Å²) in [4.78, 5) is 11.8. The lowest BCUT2D eigenvalue weighted by molar-refractivity contribution is -0.120. The van der Waals surface area contributed by atoms with Crippen molar-refractivity contribution < 1.29 is 19.0 Å². The number of aromatic nitrogens is 2. The number of anilines is 1. The van der Waals surface area contributed by atoms with E-state index in [-0.39, 0.29) is 12.3 Å². The van der Waals surface area contributed by atoms with Crippen LogP contribution in [0.15, 0.2) is 17.2 Å². The Kier molecular flexibility index (Phi) is 5.90. The average molecular weight is 351 g/mol. The summed E-state index contributed by atoms with van der Waals surface area (Å²) in [5.74, 6) is 1.09. The molecule has 0 aliphatic heterocycles. The van der Waals surface area contributed by atoms with E-state index in [2.05, 4.69) is 20.7 Å². The van der Waals surface area contributed by atoms with Crippen LogP contribution in [0.4, 0.5) is 5.13 Å². The quantitative estimate of drug-likeness (QED) is 0.560. The molecule has 1 amide bonds. The van der Waals surface area contributed by atoms with Gasteiger partial charge in [0.2, 0.25) is 16.8 Å². The minimum absolute atomic E-state index is 0.0509. The van der Waals surface area contributed by atoms with Gasteiger partial charge in [0, 0.05) is 5.56 Å². The molecule has 0 saturated carbocycles. The van der Waals surface area contributed by atoms with Crippen molar-refractivity contribution in [2.45, 2.75) is 6.42 Å². The second-order valence-electron chi connectivity index (χ2n) is 4.43. The van der Waals surface area contributed by atoms with Crippen molar-refractivity contribution in [3.05, 3.63) is 22.7 Å². The summed E-state index contributed by atoms with van der Waals surface area (Å²) in [5.41, 5.74) is 8.49. The number of amides is 1. The van der Waals surface area contributed by atoms with Gasteiger partial charge in [0.1, 0.15) is 5.01 Å². The highest BCUT2D eigenvalue weighted by molar-refractivity contribution is 7.15. The van der Waals surface area contributed by atoms with Gasteiger partial charge in [0.25, 0.3) is 0 Å². The molecule has 24 heavy (non-hydrogen) atoms. The molecule has 10 heteroatoms. The van der Waals surface area contributed by atoms with Crippen molar-refractivity contribution in [3.8, 4) is 17.2 Å². The van der Waals surface area contributed by atoms with Crippen LogP contribution in [0.25, 0.3) is 0 Å².